The van der Waals surface area contributed by atoms with E-state index in [2.05, 4.69) is 12.2 Å². The van der Waals surface area contributed by atoms with Gasteiger partial charge < -0.3 is 10.1 Å². The minimum Gasteiger partial charge on any atom is -0.466 e. The second kappa shape index (κ2) is 9.00. The van der Waals surface area contributed by atoms with Crippen LogP contribution in [0.2, 0.25) is 0 Å². The van der Waals surface area contributed by atoms with Gasteiger partial charge in [0.1, 0.15) is 0 Å². The molecule has 0 heterocycles. The maximum atomic E-state index is 11.2. The summed E-state index contributed by atoms with van der Waals surface area (Å²) in [5, 5.41) is 3.26. The highest BCUT2D eigenvalue weighted by atomic mass is 16.5. The standard InChI is InChI=1S/C11H23NO2/c1-4-6-7-8-12-9-10(3)11(13)14-5-2/h10,12H,4-9H2,1-3H3. The topological polar surface area (TPSA) is 38.3 Å². The van der Waals surface area contributed by atoms with Gasteiger partial charge in [0.25, 0.3) is 0 Å². The summed E-state index contributed by atoms with van der Waals surface area (Å²) in [5.74, 6) is -0.132. The molecule has 0 aliphatic carbocycles. The van der Waals surface area contributed by atoms with Gasteiger partial charge in [0.2, 0.25) is 0 Å². The largest absolute Gasteiger partial charge is 0.466 e. The van der Waals surface area contributed by atoms with Crippen molar-refractivity contribution in [2.24, 2.45) is 5.92 Å². The Labute approximate surface area is 87.2 Å². The summed E-state index contributed by atoms with van der Waals surface area (Å²) in [5.41, 5.74) is 0. The van der Waals surface area contributed by atoms with E-state index in [-0.39, 0.29) is 11.9 Å². The number of carbonyl (C=O) groups excluding carboxylic acids is 1. The number of unbranched alkanes of at least 4 members (excludes halogenated alkanes) is 2. The number of rotatable bonds is 8. The van der Waals surface area contributed by atoms with Crippen LogP contribution in [0, 0.1) is 5.92 Å². The van der Waals surface area contributed by atoms with Gasteiger partial charge in [-0.1, -0.05) is 26.7 Å². The lowest BCUT2D eigenvalue weighted by Gasteiger charge is -2.11. The maximum absolute atomic E-state index is 11.2. The summed E-state index contributed by atoms with van der Waals surface area (Å²) in [4.78, 5) is 11.2. The lowest BCUT2D eigenvalue weighted by atomic mass is 10.2. The maximum Gasteiger partial charge on any atom is 0.309 e. The molecule has 1 unspecified atom stereocenters. The molecule has 3 nitrogen and oxygen atoms in total. The molecule has 0 radical (unpaired) electrons. The molecule has 0 aliphatic rings. The van der Waals surface area contributed by atoms with Crippen molar-refractivity contribution in [3.8, 4) is 0 Å². The first-order valence-electron chi connectivity index (χ1n) is 5.59. The van der Waals surface area contributed by atoms with Crippen LogP contribution in [0.5, 0.6) is 0 Å². The van der Waals surface area contributed by atoms with Gasteiger partial charge in [0.15, 0.2) is 0 Å². The summed E-state index contributed by atoms with van der Waals surface area (Å²) >= 11 is 0. The molecule has 14 heavy (non-hydrogen) atoms. The predicted molar refractivity (Wildman–Crippen MR) is 58.2 cm³/mol. The van der Waals surface area contributed by atoms with E-state index >= 15 is 0 Å². The fourth-order valence-electron chi connectivity index (χ4n) is 1.19. The van der Waals surface area contributed by atoms with Crippen molar-refractivity contribution < 1.29 is 9.53 Å². The van der Waals surface area contributed by atoms with Gasteiger partial charge in [0, 0.05) is 6.54 Å². The highest BCUT2D eigenvalue weighted by Crippen LogP contribution is 1.97. The molecule has 0 bridgehead atoms. The molecule has 84 valence electrons. The normalized spacial score (nSPS) is 12.5. The summed E-state index contributed by atoms with van der Waals surface area (Å²) < 4.78 is 4.90. The summed E-state index contributed by atoms with van der Waals surface area (Å²) in [6, 6.07) is 0. The Hall–Kier alpha value is -0.570. The van der Waals surface area contributed by atoms with Crippen LogP contribution in [0.15, 0.2) is 0 Å². The SMILES string of the molecule is CCCCCNCC(C)C(=O)OCC. The molecule has 0 saturated carbocycles. The zero-order valence-corrected chi connectivity index (χ0v) is 9.64. The number of ether oxygens (including phenoxy) is 1. The van der Waals surface area contributed by atoms with Crippen molar-refractivity contribution in [3.63, 3.8) is 0 Å². The third-order valence-electron chi connectivity index (χ3n) is 2.10. The van der Waals surface area contributed by atoms with E-state index in [0.717, 1.165) is 13.1 Å². The first kappa shape index (κ1) is 13.4. The Kier molecular flexibility index (Phi) is 8.64. The van der Waals surface area contributed by atoms with Crippen LogP contribution in [-0.4, -0.2) is 25.7 Å². The summed E-state index contributed by atoms with van der Waals surface area (Å²) in [6.07, 6.45) is 3.67. The van der Waals surface area contributed by atoms with Gasteiger partial charge in [-0.25, -0.2) is 0 Å². The minimum absolute atomic E-state index is 0.0309. The molecule has 1 N–H and O–H groups in total. The summed E-state index contributed by atoms with van der Waals surface area (Å²) in [7, 11) is 0. The highest BCUT2D eigenvalue weighted by Gasteiger charge is 2.12. The quantitative estimate of drug-likeness (QED) is 0.482. The number of carbonyl (C=O) groups is 1. The van der Waals surface area contributed by atoms with Crippen LogP contribution in [0.1, 0.15) is 40.0 Å². The molecule has 0 aromatic rings. The molecule has 1 atom stereocenters. The van der Waals surface area contributed by atoms with Crippen molar-refractivity contribution in [1.29, 1.82) is 0 Å². The molecule has 0 aliphatic heterocycles. The van der Waals surface area contributed by atoms with E-state index in [4.69, 9.17) is 4.74 Å². The molecular weight excluding hydrogens is 178 g/mol. The van der Waals surface area contributed by atoms with Crippen LogP contribution in [0.25, 0.3) is 0 Å². The van der Waals surface area contributed by atoms with E-state index in [1.54, 1.807) is 0 Å². The molecule has 0 fully saturated rings. The Morgan fingerprint density at radius 2 is 2.07 bits per heavy atom. The molecule has 0 amide bonds. The van der Waals surface area contributed by atoms with Gasteiger partial charge in [-0.05, 0) is 19.9 Å². The Balaban J connectivity index is 3.34. The van der Waals surface area contributed by atoms with E-state index in [0.29, 0.717) is 6.61 Å². The molecule has 3 heteroatoms. The van der Waals surface area contributed by atoms with Gasteiger partial charge >= 0.3 is 5.97 Å². The number of nitrogens with one attached hydrogen (secondary N) is 1. The van der Waals surface area contributed by atoms with Crippen LogP contribution >= 0.6 is 0 Å². The number of hydrogen-bond acceptors (Lipinski definition) is 3. The average molecular weight is 201 g/mol. The third kappa shape index (κ3) is 6.89. The monoisotopic (exact) mass is 201 g/mol. The molecule has 0 saturated heterocycles. The van der Waals surface area contributed by atoms with Gasteiger partial charge in [-0.3, -0.25) is 4.79 Å². The molecule has 0 aromatic heterocycles. The van der Waals surface area contributed by atoms with Gasteiger partial charge in [0.05, 0.1) is 12.5 Å². The molecule has 0 spiro atoms. The minimum atomic E-state index is -0.101. The second-order valence-corrected chi connectivity index (χ2v) is 3.56. The Morgan fingerprint density at radius 3 is 2.64 bits per heavy atom. The average Bonchev–Trinajstić information content (AvgIpc) is 2.17. The van der Waals surface area contributed by atoms with Crippen molar-refractivity contribution in [1.82, 2.24) is 5.32 Å². The summed E-state index contributed by atoms with van der Waals surface area (Å²) in [6.45, 7) is 8.10. The predicted octanol–water partition coefficient (Wildman–Crippen LogP) is 1.97. The van der Waals surface area contributed by atoms with Crippen LogP contribution in [0.4, 0.5) is 0 Å². The van der Waals surface area contributed by atoms with Crippen LogP contribution < -0.4 is 5.32 Å². The molecule has 0 rings (SSSR count). The number of esters is 1. The van der Waals surface area contributed by atoms with Crippen LogP contribution in [-0.2, 0) is 9.53 Å². The molecular formula is C11H23NO2. The third-order valence-corrected chi connectivity index (χ3v) is 2.10. The van der Waals surface area contributed by atoms with E-state index in [1.807, 2.05) is 13.8 Å². The van der Waals surface area contributed by atoms with Gasteiger partial charge in [-0.15, -0.1) is 0 Å². The van der Waals surface area contributed by atoms with E-state index in [9.17, 15) is 4.79 Å². The highest BCUT2D eigenvalue weighted by molar-refractivity contribution is 5.72. The van der Waals surface area contributed by atoms with Crippen LogP contribution in [0.3, 0.4) is 0 Å². The van der Waals surface area contributed by atoms with E-state index in [1.165, 1.54) is 19.3 Å². The zero-order chi connectivity index (χ0) is 10.8. The van der Waals surface area contributed by atoms with Crippen molar-refractivity contribution in [2.45, 2.75) is 40.0 Å². The lowest BCUT2D eigenvalue weighted by Crippen LogP contribution is -2.28. The molecule has 0 aromatic carbocycles. The first-order chi connectivity index (χ1) is 6.72. The number of hydrogen-bond donors (Lipinski definition) is 1. The van der Waals surface area contributed by atoms with Gasteiger partial charge in [-0.2, -0.15) is 0 Å². The smallest absolute Gasteiger partial charge is 0.309 e. The Morgan fingerprint density at radius 1 is 1.36 bits per heavy atom. The van der Waals surface area contributed by atoms with Crippen molar-refractivity contribution in [3.05, 3.63) is 0 Å². The Bertz CT molecular complexity index is 148. The van der Waals surface area contributed by atoms with Crippen molar-refractivity contribution >= 4 is 5.97 Å². The first-order valence-corrected chi connectivity index (χ1v) is 5.59. The van der Waals surface area contributed by atoms with E-state index < -0.39 is 0 Å². The lowest BCUT2D eigenvalue weighted by molar-refractivity contribution is -0.147. The van der Waals surface area contributed by atoms with Crippen molar-refractivity contribution in [2.75, 3.05) is 19.7 Å². The second-order valence-electron chi connectivity index (χ2n) is 3.56. The zero-order valence-electron chi connectivity index (χ0n) is 9.64. The fourth-order valence-corrected chi connectivity index (χ4v) is 1.19. The fraction of sp³-hybridized carbons (Fsp3) is 0.909.